The van der Waals surface area contributed by atoms with E-state index in [4.69, 9.17) is 10.2 Å². The Morgan fingerprint density at radius 1 is 1.33 bits per heavy atom. The molecule has 0 fully saturated rings. The van der Waals surface area contributed by atoms with Gasteiger partial charge < -0.3 is 15.1 Å². The number of halogens is 2. The van der Waals surface area contributed by atoms with Crippen molar-refractivity contribution in [3.8, 4) is 11.3 Å². The largest absolute Gasteiger partial charge is 0.467 e. The molecule has 0 unspecified atom stereocenters. The lowest BCUT2D eigenvalue weighted by Crippen LogP contribution is -2.27. The number of aryl methyl sites for hydroxylation is 1. The lowest BCUT2D eigenvalue weighted by Gasteiger charge is -2.15. The fourth-order valence-corrected chi connectivity index (χ4v) is 2.71. The third-order valence-corrected chi connectivity index (χ3v) is 4.14. The van der Waals surface area contributed by atoms with E-state index in [-0.39, 0.29) is 30.7 Å². The lowest BCUT2D eigenvalue weighted by atomic mass is 10.1. The van der Waals surface area contributed by atoms with Gasteiger partial charge in [0.1, 0.15) is 17.8 Å². The van der Waals surface area contributed by atoms with Gasteiger partial charge in [-0.25, -0.2) is 4.39 Å². The predicted octanol–water partition coefficient (Wildman–Crippen LogP) is 3.39. The summed E-state index contributed by atoms with van der Waals surface area (Å²) in [6.45, 7) is 0.862. The SMILES string of the molecule is CN(CCCc1cc(-c2cccc(F)c2)n[nH]1)C(=O)c1coc(CN)c1.Cl. The quantitative estimate of drug-likeness (QED) is 0.645. The molecule has 3 aromatic rings. The summed E-state index contributed by atoms with van der Waals surface area (Å²) in [5.74, 6) is 0.201. The van der Waals surface area contributed by atoms with Gasteiger partial charge in [-0.2, -0.15) is 5.10 Å². The smallest absolute Gasteiger partial charge is 0.256 e. The Morgan fingerprint density at radius 2 is 2.15 bits per heavy atom. The Kier molecular flexibility index (Phi) is 7.15. The molecule has 0 bridgehead atoms. The van der Waals surface area contributed by atoms with Gasteiger partial charge in [0.15, 0.2) is 0 Å². The van der Waals surface area contributed by atoms with Crippen LogP contribution in [-0.2, 0) is 13.0 Å². The van der Waals surface area contributed by atoms with E-state index in [0.717, 1.165) is 24.1 Å². The van der Waals surface area contributed by atoms with Crippen LogP contribution in [0.4, 0.5) is 4.39 Å². The topological polar surface area (TPSA) is 88.2 Å². The van der Waals surface area contributed by atoms with Crippen molar-refractivity contribution in [3.05, 3.63) is 65.5 Å². The molecule has 0 atom stereocenters. The number of rotatable bonds is 7. The Bertz CT molecular complexity index is 893. The van der Waals surface area contributed by atoms with Crippen LogP contribution < -0.4 is 5.73 Å². The molecule has 27 heavy (non-hydrogen) atoms. The molecule has 2 heterocycles. The van der Waals surface area contributed by atoms with Crippen LogP contribution in [0.15, 0.2) is 47.1 Å². The zero-order chi connectivity index (χ0) is 18.5. The van der Waals surface area contributed by atoms with Gasteiger partial charge in [-0.1, -0.05) is 12.1 Å². The van der Waals surface area contributed by atoms with Crippen molar-refractivity contribution in [1.82, 2.24) is 15.1 Å². The van der Waals surface area contributed by atoms with Gasteiger partial charge >= 0.3 is 0 Å². The highest BCUT2D eigenvalue weighted by Crippen LogP contribution is 2.19. The van der Waals surface area contributed by atoms with Crippen molar-refractivity contribution in [2.45, 2.75) is 19.4 Å². The van der Waals surface area contributed by atoms with Gasteiger partial charge in [0, 0.05) is 24.8 Å². The highest BCUT2D eigenvalue weighted by molar-refractivity contribution is 5.93. The molecule has 0 aliphatic rings. The van der Waals surface area contributed by atoms with E-state index in [9.17, 15) is 9.18 Å². The van der Waals surface area contributed by atoms with Crippen molar-refractivity contribution in [2.75, 3.05) is 13.6 Å². The van der Waals surface area contributed by atoms with Gasteiger partial charge in [-0.05, 0) is 37.1 Å². The maximum Gasteiger partial charge on any atom is 0.256 e. The highest BCUT2D eigenvalue weighted by atomic mass is 35.5. The fraction of sp³-hybridized carbons (Fsp3) is 0.263. The molecule has 0 spiro atoms. The number of carbonyl (C=O) groups excluding carboxylic acids is 1. The zero-order valence-electron chi connectivity index (χ0n) is 14.9. The van der Waals surface area contributed by atoms with Crippen molar-refractivity contribution in [2.24, 2.45) is 5.73 Å². The highest BCUT2D eigenvalue weighted by Gasteiger charge is 2.14. The Hall–Kier alpha value is -2.64. The molecule has 3 rings (SSSR count). The molecule has 1 amide bonds. The molecule has 0 aliphatic heterocycles. The number of H-pyrrole nitrogens is 1. The van der Waals surface area contributed by atoms with E-state index in [1.165, 1.54) is 18.4 Å². The molecule has 144 valence electrons. The van der Waals surface area contributed by atoms with E-state index in [2.05, 4.69) is 10.2 Å². The van der Waals surface area contributed by atoms with Crippen LogP contribution in [0, 0.1) is 5.82 Å². The molecule has 2 aromatic heterocycles. The van der Waals surface area contributed by atoms with Gasteiger partial charge in [-0.3, -0.25) is 9.89 Å². The number of furan rings is 1. The number of nitrogens with one attached hydrogen (secondary N) is 1. The first-order valence-corrected chi connectivity index (χ1v) is 8.40. The van der Waals surface area contributed by atoms with Crippen LogP contribution >= 0.6 is 12.4 Å². The Balaban J connectivity index is 0.00000261. The molecular weight excluding hydrogens is 371 g/mol. The van der Waals surface area contributed by atoms with Crippen molar-refractivity contribution in [3.63, 3.8) is 0 Å². The van der Waals surface area contributed by atoms with Gasteiger partial charge in [0.2, 0.25) is 0 Å². The molecule has 8 heteroatoms. The second-order valence-corrected chi connectivity index (χ2v) is 6.12. The summed E-state index contributed by atoms with van der Waals surface area (Å²) in [4.78, 5) is 14.0. The maximum absolute atomic E-state index is 13.3. The monoisotopic (exact) mass is 392 g/mol. The molecule has 0 saturated heterocycles. The standard InChI is InChI=1S/C19H21FN4O2.ClH/c1-24(19(25)14-9-17(11-21)26-12-14)7-3-6-16-10-18(23-22-16)13-4-2-5-15(20)8-13;/h2,4-5,8-10,12H,3,6-7,11,21H2,1H3,(H,22,23);1H. The number of aromatic nitrogens is 2. The first-order chi connectivity index (χ1) is 12.6. The number of hydrogen-bond acceptors (Lipinski definition) is 4. The summed E-state index contributed by atoms with van der Waals surface area (Å²) in [6.07, 6.45) is 2.94. The minimum absolute atomic E-state index is 0. The van der Waals surface area contributed by atoms with Crippen LogP contribution in [0.1, 0.15) is 28.2 Å². The van der Waals surface area contributed by atoms with E-state index < -0.39 is 0 Å². The number of nitrogens with two attached hydrogens (primary N) is 1. The summed E-state index contributed by atoms with van der Waals surface area (Å²) >= 11 is 0. The number of amides is 1. The zero-order valence-corrected chi connectivity index (χ0v) is 15.8. The van der Waals surface area contributed by atoms with Crippen molar-refractivity contribution < 1.29 is 13.6 Å². The molecule has 0 aliphatic carbocycles. The van der Waals surface area contributed by atoms with Gasteiger partial charge in [0.05, 0.1) is 17.8 Å². The Morgan fingerprint density at radius 3 is 2.85 bits per heavy atom. The first-order valence-electron chi connectivity index (χ1n) is 8.40. The van der Waals surface area contributed by atoms with E-state index in [0.29, 0.717) is 23.6 Å². The van der Waals surface area contributed by atoms with Gasteiger partial charge in [0.25, 0.3) is 5.91 Å². The summed E-state index contributed by atoms with van der Waals surface area (Å²) in [6, 6.07) is 9.90. The predicted molar refractivity (Wildman–Crippen MR) is 103 cm³/mol. The maximum atomic E-state index is 13.3. The van der Waals surface area contributed by atoms with Crippen LogP contribution in [0.2, 0.25) is 0 Å². The first kappa shape index (κ1) is 20.7. The fourth-order valence-electron chi connectivity index (χ4n) is 2.71. The number of carbonyl (C=O) groups is 1. The second-order valence-electron chi connectivity index (χ2n) is 6.12. The molecule has 3 N–H and O–H groups in total. The molecular formula is C19H22ClFN4O2. The third kappa shape index (κ3) is 5.18. The number of hydrogen-bond donors (Lipinski definition) is 2. The van der Waals surface area contributed by atoms with Crippen molar-refractivity contribution >= 4 is 18.3 Å². The minimum Gasteiger partial charge on any atom is -0.467 e. The molecule has 1 aromatic carbocycles. The van der Waals surface area contributed by atoms with E-state index >= 15 is 0 Å². The lowest BCUT2D eigenvalue weighted by molar-refractivity contribution is 0.0792. The normalized spacial score (nSPS) is 10.5. The summed E-state index contributed by atoms with van der Waals surface area (Å²) in [7, 11) is 1.75. The summed E-state index contributed by atoms with van der Waals surface area (Å²) < 4.78 is 18.5. The van der Waals surface area contributed by atoms with E-state index in [1.807, 2.05) is 12.1 Å². The molecule has 6 nitrogen and oxygen atoms in total. The van der Waals surface area contributed by atoms with E-state index in [1.54, 1.807) is 24.1 Å². The third-order valence-electron chi connectivity index (χ3n) is 4.14. The summed E-state index contributed by atoms with van der Waals surface area (Å²) in [5.41, 5.74) is 8.37. The Labute approximate surface area is 163 Å². The number of nitrogens with zero attached hydrogens (tertiary/aromatic N) is 2. The molecule has 0 radical (unpaired) electrons. The van der Waals surface area contributed by atoms with Crippen molar-refractivity contribution in [1.29, 1.82) is 0 Å². The average molecular weight is 393 g/mol. The van der Waals surface area contributed by atoms with Crippen LogP contribution in [-0.4, -0.2) is 34.6 Å². The summed E-state index contributed by atoms with van der Waals surface area (Å²) in [5, 5.41) is 7.19. The number of aromatic amines is 1. The molecule has 0 saturated carbocycles. The minimum atomic E-state index is -0.288. The number of benzene rings is 1. The van der Waals surface area contributed by atoms with Crippen LogP contribution in [0.25, 0.3) is 11.3 Å². The van der Waals surface area contributed by atoms with Crippen LogP contribution in [0.3, 0.4) is 0 Å². The van der Waals surface area contributed by atoms with Gasteiger partial charge in [-0.15, -0.1) is 12.4 Å². The second kappa shape index (κ2) is 9.34. The van der Waals surface area contributed by atoms with Crippen LogP contribution in [0.5, 0.6) is 0 Å². The average Bonchev–Trinajstić information content (AvgIpc) is 3.30.